The molecular weight excluding hydrogens is 333 g/mol. The fourth-order valence-electron chi connectivity index (χ4n) is 3.47. The van der Waals surface area contributed by atoms with E-state index in [2.05, 4.69) is 10.3 Å². The molecule has 1 aliphatic heterocycles. The Morgan fingerprint density at radius 1 is 1.35 bits per heavy atom. The number of benzene rings is 2. The first-order valence-electron chi connectivity index (χ1n) is 8.87. The van der Waals surface area contributed by atoms with Crippen molar-refractivity contribution in [3.05, 3.63) is 54.2 Å². The second-order valence-corrected chi connectivity index (χ2v) is 6.40. The molecule has 1 unspecified atom stereocenters. The minimum atomic E-state index is -0.270. The number of halogens is 1. The lowest BCUT2D eigenvalue weighted by atomic mass is 10.0. The number of carbonyl (C=O) groups is 1. The van der Waals surface area contributed by atoms with E-state index < -0.39 is 0 Å². The lowest BCUT2D eigenvalue weighted by Gasteiger charge is -2.22. The number of oxazole rings is 1. The molecule has 0 saturated carbocycles. The first-order chi connectivity index (χ1) is 12.7. The number of rotatable bonds is 3. The van der Waals surface area contributed by atoms with Gasteiger partial charge in [0.1, 0.15) is 17.4 Å². The molecule has 26 heavy (non-hydrogen) atoms. The van der Waals surface area contributed by atoms with Crippen molar-refractivity contribution in [2.24, 2.45) is 0 Å². The standard InChI is InChI=1S/C20H20FN3O2/c1-2-22-20(25)24-11-5-8-17(24)19-23-16-12-13(9-10-18(16)26-19)14-6-3-4-7-15(14)21/h3-4,6-7,9-10,12,17H,2,5,8,11H2,1H3,(H,22,25). The van der Waals surface area contributed by atoms with Gasteiger partial charge in [0.15, 0.2) is 5.58 Å². The molecule has 2 heterocycles. The molecule has 6 heteroatoms. The normalized spacial score (nSPS) is 17.0. The molecule has 0 bridgehead atoms. The van der Waals surface area contributed by atoms with Gasteiger partial charge < -0.3 is 14.6 Å². The summed E-state index contributed by atoms with van der Waals surface area (Å²) in [5.41, 5.74) is 2.59. The van der Waals surface area contributed by atoms with Crippen molar-refractivity contribution >= 4 is 17.1 Å². The monoisotopic (exact) mass is 353 g/mol. The van der Waals surface area contributed by atoms with E-state index in [4.69, 9.17) is 4.42 Å². The van der Waals surface area contributed by atoms with Gasteiger partial charge in [0.25, 0.3) is 0 Å². The summed E-state index contributed by atoms with van der Waals surface area (Å²) in [6.07, 6.45) is 1.74. The fourth-order valence-corrected chi connectivity index (χ4v) is 3.47. The highest BCUT2D eigenvalue weighted by atomic mass is 19.1. The van der Waals surface area contributed by atoms with Crippen molar-refractivity contribution in [2.75, 3.05) is 13.1 Å². The third-order valence-corrected chi connectivity index (χ3v) is 4.72. The number of aromatic nitrogens is 1. The van der Waals surface area contributed by atoms with Gasteiger partial charge in [-0.1, -0.05) is 24.3 Å². The third kappa shape index (κ3) is 2.92. The van der Waals surface area contributed by atoms with Gasteiger partial charge in [0, 0.05) is 18.7 Å². The summed E-state index contributed by atoms with van der Waals surface area (Å²) in [5, 5.41) is 2.83. The highest BCUT2D eigenvalue weighted by Crippen LogP contribution is 2.34. The summed E-state index contributed by atoms with van der Waals surface area (Å²) < 4.78 is 19.9. The van der Waals surface area contributed by atoms with E-state index in [-0.39, 0.29) is 17.9 Å². The zero-order chi connectivity index (χ0) is 18.1. The largest absolute Gasteiger partial charge is 0.438 e. The molecule has 0 aliphatic carbocycles. The van der Waals surface area contributed by atoms with Gasteiger partial charge in [-0.05, 0) is 43.5 Å². The van der Waals surface area contributed by atoms with Crippen LogP contribution in [-0.4, -0.2) is 29.0 Å². The molecular formula is C20H20FN3O2. The lowest BCUT2D eigenvalue weighted by molar-refractivity contribution is 0.186. The molecule has 1 fully saturated rings. The summed E-state index contributed by atoms with van der Waals surface area (Å²) in [7, 11) is 0. The van der Waals surface area contributed by atoms with Crippen LogP contribution in [0.15, 0.2) is 46.9 Å². The Morgan fingerprint density at radius 2 is 2.19 bits per heavy atom. The van der Waals surface area contributed by atoms with Crippen molar-refractivity contribution in [3.8, 4) is 11.1 Å². The maximum atomic E-state index is 14.0. The van der Waals surface area contributed by atoms with E-state index >= 15 is 0 Å². The fraction of sp³-hybridized carbons (Fsp3) is 0.300. The quantitative estimate of drug-likeness (QED) is 0.754. The number of urea groups is 1. The SMILES string of the molecule is CCNC(=O)N1CCCC1c1nc2cc(-c3ccccc3F)ccc2o1. The van der Waals surface area contributed by atoms with E-state index in [1.165, 1.54) is 6.07 Å². The molecule has 1 aromatic heterocycles. The Bertz CT molecular complexity index is 953. The molecule has 2 aromatic carbocycles. The van der Waals surface area contributed by atoms with Gasteiger partial charge in [0.2, 0.25) is 5.89 Å². The number of amides is 2. The first-order valence-corrected chi connectivity index (χ1v) is 8.87. The Hall–Kier alpha value is -2.89. The number of fused-ring (bicyclic) bond motifs is 1. The summed E-state index contributed by atoms with van der Waals surface area (Å²) in [6.45, 7) is 3.17. The van der Waals surface area contributed by atoms with Crippen molar-refractivity contribution in [2.45, 2.75) is 25.8 Å². The van der Waals surface area contributed by atoms with Gasteiger partial charge in [0.05, 0.1) is 0 Å². The highest BCUT2D eigenvalue weighted by Gasteiger charge is 2.33. The number of carbonyl (C=O) groups excluding carboxylic acids is 1. The molecule has 0 radical (unpaired) electrons. The van der Waals surface area contributed by atoms with E-state index in [1.54, 1.807) is 29.2 Å². The van der Waals surface area contributed by atoms with E-state index in [1.807, 2.05) is 19.1 Å². The number of hydrogen-bond acceptors (Lipinski definition) is 3. The number of hydrogen-bond donors (Lipinski definition) is 1. The van der Waals surface area contributed by atoms with Crippen LogP contribution in [0, 0.1) is 5.82 Å². The van der Waals surface area contributed by atoms with Crippen LogP contribution in [0.4, 0.5) is 9.18 Å². The van der Waals surface area contributed by atoms with Gasteiger partial charge >= 0.3 is 6.03 Å². The maximum Gasteiger partial charge on any atom is 0.318 e. The molecule has 1 N–H and O–H groups in total. The van der Waals surface area contributed by atoms with Crippen LogP contribution in [0.1, 0.15) is 31.7 Å². The smallest absolute Gasteiger partial charge is 0.318 e. The Kier molecular flexibility index (Phi) is 4.32. The Labute approximate surface area is 150 Å². The summed E-state index contributed by atoms with van der Waals surface area (Å²) in [5.74, 6) is 0.267. The lowest BCUT2D eigenvalue weighted by Crippen LogP contribution is -2.39. The first kappa shape index (κ1) is 16.6. The Balaban J connectivity index is 1.68. The van der Waals surface area contributed by atoms with Gasteiger partial charge in [-0.3, -0.25) is 0 Å². The van der Waals surface area contributed by atoms with Gasteiger partial charge in [-0.25, -0.2) is 14.2 Å². The minimum Gasteiger partial charge on any atom is -0.438 e. The molecule has 134 valence electrons. The zero-order valence-corrected chi connectivity index (χ0v) is 14.5. The average Bonchev–Trinajstić information content (AvgIpc) is 3.28. The molecule has 2 amide bonds. The van der Waals surface area contributed by atoms with Crippen LogP contribution in [-0.2, 0) is 0 Å². The van der Waals surface area contributed by atoms with Crippen LogP contribution in [0.25, 0.3) is 22.2 Å². The minimum absolute atomic E-state index is 0.0932. The molecule has 4 rings (SSSR count). The number of likely N-dealkylation sites (tertiary alicyclic amines) is 1. The second kappa shape index (κ2) is 6.78. The molecule has 0 spiro atoms. The van der Waals surface area contributed by atoms with E-state index in [0.717, 1.165) is 18.4 Å². The summed E-state index contributed by atoms with van der Waals surface area (Å²) in [6, 6.07) is 11.9. The van der Waals surface area contributed by atoms with E-state index in [0.29, 0.717) is 35.6 Å². The summed E-state index contributed by atoms with van der Waals surface area (Å²) in [4.78, 5) is 18.6. The van der Waals surface area contributed by atoms with Gasteiger partial charge in [-0.2, -0.15) is 0 Å². The van der Waals surface area contributed by atoms with Crippen molar-refractivity contribution in [1.82, 2.24) is 15.2 Å². The van der Waals surface area contributed by atoms with Crippen molar-refractivity contribution < 1.29 is 13.6 Å². The number of nitrogens with zero attached hydrogens (tertiary/aromatic N) is 2. The van der Waals surface area contributed by atoms with Crippen molar-refractivity contribution in [1.29, 1.82) is 0 Å². The second-order valence-electron chi connectivity index (χ2n) is 6.40. The maximum absolute atomic E-state index is 14.0. The molecule has 1 atom stereocenters. The zero-order valence-electron chi connectivity index (χ0n) is 14.5. The van der Waals surface area contributed by atoms with Crippen LogP contribution in [0.3, 0.4) is 0 Å². The van der Waals surface area contributed by atoms with Crippen LogP contribution < -0.4 is 5.32 Å². The molecule has 1 aliphatic rings. The van der Waals surface area contributed by atoms with Crippen LogP contribution in [0.2, 0.25) is 0 Å². The predicted octanol–water partition coefficient (Wildman–Crippen LogP) is 4.50. The predicted molar refractivity (Wildman–Crippen MR) is 97.2 cm³/mol. The topological polar surface area (TPSA) is 58.4 Å². The number of nitrogens with one attached hydrogen (secondary N) is 1. The molecule has 3 aromatic rings. The molecule has 1 saturated heterocycles. The average molecular weight is 353 g/mol. The molecule has 5 nitrogen and oxygen atoms in total. The van der Waals surface area contributed by atoms with Crippen LogP contribution in [0.5, 0.6) is 0 Å². The summed E-state index contributed by atoms with van der Waals surface area (Å²) >= 11 is 0. The van der Waals surface area contributed by atoms with Gasteiger partial charge in [-0.15, -0.1) is 0 Å². The Morgan fingerprint density at radius 3 is 3.00 bits per heavy atom. The third-order valence-electron chi connectivity index (χ3n) is 4.72. The highest BCUT2D eigenvalue weighted by molar-refractivity contribution is 5.81. The van der Waals surface area contributed by atoms with Crippen molar-refractivity contribution in [3.63, 3.8) is 0 Å². The van der Waals surface area contributed by atoms with Crippen LogP contribution >= 0.6 is 0 Å². The van der Waals surface area contributed by atoms with E-state index in [9.17, 15) is 9.18 Å².